The number of aromatic nitrogens is 3. The van der Waals surface area contributed by atoms with Crippen molar-refractivity contribution in [2.24, 2.45) is 0 Å². The van der Waals surface area contributed by atoms with E-state index in [1.54, 1.807) is 0 Å². The first-order valence-corrected chi connectivity index (χ1v) is 4.81. The number of nitrogens with one attached hydrogen (secondary N) is 1. The minimum atomic E-state index is -1.83. The molecule has 0 spiro atoms. The number of H-pyrrole nitrogens is 1. The maximum absolute atomic E-state index is 13.4. The van der Waals surface area contributed by atoms with Gasteiger partial charge in [-0.05, 0) is 0 Å². The number of ether oxygens (including phenoxy) is 1. The topological polar surface area (TPSA) is 117 Å². The molecule has 8 nitrogen and oxygen atoms in total. The van der Waals surface area contributed by atoms with Gasteiger partial charge in [0.05, 0.1) is 6.61 Å². The van der Waals surface area contributed by atoms with Gasteiger partial charge < -0.3 is 14.9 Å². The molecule has 0 saturated carbocycles. The summed E-state index contributed by atoms with van der Waals surface area (Å²) in [6.45, 7) is -0.632. The predicted molar refractivity (Wildman–Crippen MR) is 51.0 cm³/mol. The second-order valence-corrected chi connectivity index (χ2v) is 3.57. The van der Waals surface area contributed by atoms with Crippen LogP contribution in [0.15, 0.2) is 15.8 Å². The quantitative estimate of drug-likeness (QED) is 0.532. The first kappa shape index (κ1) is 11.9. The van der Waals surface area contributed by atoms with Crippen LogP contribution in [0.4, 0.5) is 4.39 Å². The van der Waals surface area contributed by atoms with Gasteiger partial charge in [0.25, 0.3) is 5.56 Å². The lowest BCUT2D eigenvalue weighted by atomic mass is 10.1. The smallest absolute Gasteiger partial charge is 0.347 e. The third-order valence-electron chi connectivity index (χ3n) is 2.45. The molecule has 17 heavy (non-hydrogen) atoms. The molecule has 2 rings (SSSR count). The molecule has 1 aromatic heterocycles. The summed E-state index contributed by atoms with van der Waals surface area (Å²) in [4.78, 5) is 24.0. The minimum absolute atomic E-state index is 0.619. The number of alkyl halides is 1. The fourth-order valence-electron chi connectivity index (χ4n) is 1.60. The molecule has 2 heterocycles. The zero-order chi connectivity index (χ0) is 12.6. The van der Waals surface area contributed by atoms with Gasteiger partial charge in [-0.3, -0.25) is 9.78 Å². The van der Waals surface area contributed by atoms with E-state index in [4.69, 9.17) is 9.84 Å². The SMILES string of the molecule is O=c1cnn([C@@H]2O[C@H](CO)[C@@H](F)[C@H]2O)c(=O)[nH]1. The number of nitrogens with zero attached hydrogens (tertiary/aromatic N) is 2. The monoisotopic (exact) mass is 247 g/mol. The molecule has 94 valence electrons. The van der Waals surface area contributed by atoms with Crippen LogP contribution in [0.5, 0.6) is 0 Å². The van der Waals surface area contributed by atoms with Gasteiger partial charge >= 0.3 is 5.69 Å². The summed E-state index contributed by atoms with van der Waals surface area (Å²) >= 11 is 0. The van der Waals surface area contributed by atoms with Gasteiger partial charge in [-0.25, -0.2) is 9.18 Å². The average molecular weight is 247 g/mol. The third-order valence-corrected chi connectivity index (χ3v) is 2.45. The molecule has 0 aliphatic carbocycles. The number of aromatic amines is 1. The fourth-order valence-corrected chi connectivity index (χ4v) is 1.60. The molecule has 4 atom stereocenters. The summed E-state index contributed by atoms with van der Waals surface area (Å²) in [5, 5.41) is 21.7. The van der Waals surface area contributed by atoms with Crippen molar-refractivity contribution in [3.63, 3.8) is 0 Å². The van der Waals surface area contributed by atoms with Gasteiger partial charge in [0.2, 0.25) is 0 Å². The highest BCUT2D eigenvalue weighted by Gasteiger charge is 2.45. The Morgan fingerprint density at radius 3 is 2.82 bits per heavy atom. The van der Waals surface area contributed by atoms with E-state index in [1.807, 2.05) is 4.98 Å². The maximum atomic E-state index is 13.4. The highest BCUT2D eigenvalue weighted by atomic mass is 19.1. The largest absolute Gasteiger partial charge is 0.394 e. The first-order chi connectivity index (χ1) is 8.04. The lowest BCUT2D eigenvalue weighted by Crippen LogP contribution is -2.38. The van der Waals surface area contributed by atoms with Gasteiger partial charge in [0.15, 0.2) is 12.4 Å². The minimum Gasteiger partial charge on any atom is -0.394 e. The molecule has 9 heteroatoms. The van der Waals surface area contributed by atoms with Crippen LogP contribution in [-0.4, -0.2) is 50.0 Å². The molecule has 3 N–H and O–H groups in total. The van der Waals surface area contributed by atoms with Crippen LogP contribution < -0.4 is 11.2 Å². The van der Waals surface area contributed by atoms with Crippen molar-refractivity contribution >= 4 is 0 Å². The Bertz CT molecular complexity index is 514. The number of hydrogen-bond donors (Lipinski definition) is 3. The molecule has 0 unspecified atom stereocenters. The fraction of sp³-hybridized carbons (Fsp3) is 0.625. The molecule has 0 radical (unpaired) electrons. The number of rotatable bonds is 2. The molecule has 0 aromatic carbocycles. The number of aliphatic hydroxyl groups excluding tert-OH is 2. The molecule has 0 bridgehead atoms. The standard InChI is InChI=1S/C8H10FN3O5/c9-5-3(2-13)17-7(6(5)15)12-8(16)11-4(14)1-10-12/h1,3,5-7,13,15H,2H2,(H,11,14,16)/t3-,5-,6-,7-/m1/s1. The van der Waals surface area contributed by atoms with E-state index < -0.39 is 42.5 Å². The predicted octanol–water partition coefficient (Wildman–Crippen LogP) is -2.48. The van der Waals surface area contributed by atoms with E-state index in [9.17, 15) is 19.1 Å². The molecule has 1 fully saturated rings. The zero-order valence-corrected chi connectivity index (χ0v) is 8.49. The molecule has 0 amide bonds. The van der Waals surface area contributed by atoms with Crippen molar-refractivity contribution in [3.05, 3.63) is 27.0 Å². The summed E-state index contributed by atoms with van der Waals surface area (Å²) < 4.78 is 18.9. The van der Waals surface area contributed by atoms with Gasteiger partial charge in [0.1, 0.15) is 18.4 Å². The summed E-state index contributed by atoms with van der Waals surface area (Å²) in [6.07, 6.45) is -5.26. The van der Waals surface area contributed by atoms with E-state index >= 15 is 0 Å². The van der Waals surface area contributed by atoms with Crippen LogP contribution in [-0.2, 0) is 4.74 Å². The summed E-state index contributed by atoms with van der Waals surface area (Å²) in [5.74, 6) is 0. The van der Waals surface area contributed by atoms with E-state index in [0.717, 1.165) is 6.20 Å². The molecule has 1 aliphatic rings. The second kappa shape index (κ2) is 4.35. The zero-order valence-electron chi connectivity index (χ0n) is 8.49. The van der Waals surface area contributed by atoms with Crippen molar-refractivity contribution in [2.75, 3.05) is 6.61 Å². The Morgan fingerprint density at radius 1 is 1.59 bits per heavy atom. The summed E-state index contributed by atoms with van der Waals surface area (Å²) in [7, 11) is 0. The Balaban J connectivity index is 2.35. The summed E-state index contributed by atoms with van der Waals surface area (Å²) in [6, 6.07) is 0. The van der Waals surface area contributed by atoms with Crippen molar-refractivity contribution in [3.8, 4) is 0 Å². The van der Waals surface area contributed by atoms with Gasteiger partial charge in [-0.2, -0.15) is 9.78 Å². The van der Waals surface area contributed by atoms with E-state index in [1.165, 1.54) is 0 Å². The maximum Gasteiger partial charge on any atom is 0.347 e. The van der Waals surface area contributed by atoms with Gasteiger partial charge in [-0.15, -0.1) is 0 Å². The number of hydrogen-bond acceptors (Lipinski definition) is 6. The van der Waals surface area contributed by atoms with Crippen molar-refractivity contribution in [2.45, 2.75) is 24.6 Å². The Labute approximate surface area is 93.3 Å². The molecular formula is C8H10FN3O5. The highest BCUT2D eigenvalue weighted by molar-refractivity contribution is 4.89. The van der Waals surface area contributed by atoms with Crippen LogP contribution in [0.1, 0.15) is 6.23 Å². The lowest BCUT2D eigenvalue weighted by molar-refractivity contribution is -0.0609. The normalized spacial score (nSPS) is 32.9. The van der Waals surface area contributed by atoms with E-state index in [-0.39, 0.29) is 0 Å². The Morgan fingerprint density at radius 2 is 2.29 bits per heavy atom. The van der Waals surface area contributed by atoms with Crippen LogP contribution in [0.2, 0.25) is 0 Å². The highest BCUT2D eigenvalue weighted by Crippen LogP contribution is 2.29. The van der Waals surface area contributed by atoms with Crippen molar-refractivity contribution in [1.29, 1.82) is 0 Å². The molecule has 1 aromatic rings. The van der Waals surface area contributed by atoms with Crippen LogP contribution >= 0.6 is 0 Å². The van der Waals surface area contributed by atoms with E-state index in [2.05, 4.69) is 5.10 Å². The third kappa shape index (κ3) is 1.99. The second-order valence-electron chi connectivity index (χ2n) is 3.57. The van der Waals surface area contributed by atoms with Crippen LogP contribution in [0.3, 0.4) is 0 Å². The van der Waals surface area contributed by atoms with Crippen molar-refractivity contribution in [1.82, 2.24) is 14.8 Å². The van der Waals surface area contributed by atoms with Crippen molar-refractivity contribution < 1.29 is 19.3 Å². The number of halogens is 1. The van der Waals surface area contributed by atoms with Gasteiger partial charge in [-0.1, -0.05) is 0 Å². The summed E-state index contributed by atoms with van der Waals surface area (Å²) in [5.41, 5.74) is -1.64. The molecular weight excluding hydrogens is 237 g/mol. The molecule has 1 saturated heterocycles. The Kier molecular flexibility index (Phi) is 3.05. The van der Waals surface area contributed by atoms with Crippen LogP contribution in [0.25, 0.3) is 0 Å². The Hall–Kier alpha value is -1.58. The van der Waals surface area contributed by atoms with E-state index in [0.29, 0.717) is 4.68 Å². The lowest BCUT2D eigenvalue weighted by Gasteiger charge is -2.14. The van der Waals surface area contributed by atoms with Gasteiger partial charge in [0, 0.05) is 0 Å². The number of aliphatic hydroxyl groups is 2. The average Bonchev–Trinajstić information content (AvgIpc) is 2.57. The van der Waals surface area contributed by atoms with Crippen LogP contribution in [0, 0.1) is 0 Å². The molecule has 1 aliphatic heterocycles. The first-order valence-electron chi connectivity index (χ1n) is 4.81.